The first-order valence-electron chi connectivity index (χ1n) is 14.0. The molecule has 2 aromatic heterocycles. The zero-order valence-corrected chi connectivity index (χ0v) is 24.0. The molecule has 0 aliphatic rings. The molecule has 2 aromatic carbocycles. The van der Waals surface area contributed by atoms with Gasteiger partial charge in [0.1, 0.15) is 11.5 Å². The van der Waals surface area contributed by atoms with Gasteiger partial charge in [-0.3, -0.25) is 4.79 Å². The number of unbranched alkanes of at least 4 members (excludes halogenated alkanes) is 2. The van der Waals surface area contributed by atoms with E-state index in [9.17, 15) is 9.59 Å². The molecule has 0 bridgehead atoms. The Labute approximate surface area is 230 Å². The molecule has 8 nitrogen and oxygen atoms in total. The maximum absolute atomic E-state index is 13.7. The molecule has 0 amide bonds. The number of rotatable bonds is 12. The Hall–Kier alpha value is -3.81. The van der Waals surface area contributed by atoms with E-state index in [-0.39, 0.29) is 18.2 Å². The number of carbonyl (C=O) groups excluding carboxylic acids is 1. The largest absolute Gasteiger partial charge is 0.493 e. The third kappa shape index (κ3) is 5.79. The summed E-state index contributed by atoms with van der Waals surface area (Å²) >= 11 is 0. The van der Waals surface area contributed by atoms with Gasteiger partial charge in [0.05, 0.1) is 24.5 Å². The molecule has 0 saturated heterocycles. The highest BCUT2D eigenvalue weighted by atomic mass is 16.5. The van der Waals surface area contributed by atoms with Crippen LogP contribution in [0.4, 0.5) is 0 Å². The highest BCUT2D eigenvalue weighted by Gasteiger charge is 2.25. The van der Waals surface area contributed by atoms with E-state index in [0.29, 0.717) is 36.0 Å². The van der Waals surface area contributed by atoms with Crippen molar-refractivity contribution in [2.24, 2.45) is 7.05 Å². The summed E-state index contributed by atoms with van der Waals surface area (Å²) < 4.78 is 17.0. The van der Waals surface area contributed by atoms with Crippen molar-refractivity contribution in [1.29, 1.82) is 0 Å². The lowest BCUT2D eigenvalue weighted by atomic mass is 9.98. The van der Waals surface area contributed by atoms with Gasteiger partial charge in [-0.1, -0.05) is 47.5 Å². The van der Waals surface area contributed by atoms with Gasteiger partial charge in [-0.15, -0.1) is 9.78 Å². The molecule has 208 valence electrons. The number of nitrogens with zero attached hydrogens (tertiary/aromatic N) is 4. The summed E-state index contributed by atoms with van der Waals surface area (Å²) in [6, 6.07) is 11.7. The van der Waals surface area contributed by atoms with Crippen molar-refractivity contribution >= 4 is 16.8 Å². The van der Waals surface area contributed by atoms with Crippen molar-refractivity contribution in [1.82, 2.24) is 18.9 Å². The SMILES string of the molecule is CCCCOc1cc(OCCCC)c(C(C)C)cc1-c1nn(C(=O)CC)c(=O)n1-c1ccc2c(ccn2C)c1. The molecule has 0 spiro atoms. The Morgan fingerprint density at radius 2 is 1.64 bits per heavy atom. The van der Waals surface area contributed by atoms with E-state index in [1.54, 1.807) is 6.92 Å². The molecular weight excluding hydrogens is 492 g/mol. The van der Waals surface area contributed by atoms with Crippen LogP contribution in [-0.4, -0.2) is 38.0 Å². The maximum Gasteiger partial charge on any atom is 0.358 e. The molecule has 4 rings (SSSR count). The topological polar surface area (TPSA) is 80.3 Å². The maximum atomic E-state index is 13.7. The fraction of sp³-hybridized carbons (Fsp3) is 0.452. The third-order valence-electron chi connectivity index (χ3n) is 6.93. The Bertz CT molecular complexity index is 1510. The second kappa shape index (κ2) is 12.4. The standard InChI is InChI=1S/C31H40N4O4/c1-7-10-16-38-27-20-28(39-17-11-8-2)25(19-24(27)21(4)5)30-32-35(29(36)9-3)31(37)34(30)23-12-13-26-22(18-23)14-15-33(26)6/h12-15,18-21H,7-11,16-17H2,1-6H3. The summed E-state index contributed by atoms with van der Waals surface area (Å²) in [4.78, 5) is 26.5. The van der Waals surface area contributed by atoms with Crippen molar-refractivity contribution in [2.45, 2.75) is 72.6 Å². The predicted octanol–water partition coefficient (Wildman–Crippen LogP) is 6.72. The van der Waals surface area contributed by atoms with Crippen LogP contribution in [-0.2, 0) is 7.05 Å². The molecule has 39 heavy (non-hydrogen) atoms. The van der Waals surface area contributed by atoms with Gasteiger partial charge in [-0.2, -0.15) is 0 Å². The number of carbonyl (C=O) groups is 1. The Balaban J connectivity index is 1.97. The summed E-state index contributed by atoms with van der Waals surface area (Å²) in [6.07, 6.45) is 6.01. The Kier molecular flexibility index (Phi) is 8.94. The number of benzene rings is 2. The minimum absolute atomic E-state index is 0.158. The average molecular weight is 533 g/mol. The first-order valence-corrected chi connectivity index (χ1v) is 14.0. The monoisotopic (exact) mass is 532 g/mol. The van der Waals surface area contributed by atoms with Crippen LogP contribution in [0.5, 0.6) is 11.5 Å². The first-order chi connectivity index (χ1) is 18.8. The van der Waals surface area contributed by atoms with Crippen LogP contribution in [0.3, 0.4) is 0 Å². The normalized spacial score (nSPS) is 11.5. The van der Waals surface area contributed by atoms with E-state index in [2.05, 4.69) is 32.8 Å². The van der Waals surface area contributed by atoms with E-state index in [0.717, 1.165) is 52.6 Å². The van der Waals surface area contributed by atoms with Gasteiger partial charge in [0, 0.05) is 36.6 Å². The number of hydrogen-bond donors (Lipinski definition) is 0. The van der Waals surface area contributed by atoms with E-state index in [1.807, 2.05) is 54.2 Å². The number of ether oxygens (including phenoxy) is 2. The van der Waals surface area contributed by atoms with Crippen molar-refractivity contribution in [3.8, 4) is 28.6 Å². The molecule has 0 N–H and O–H groups in total. The first kappa shape index (κ1) is 28.2. The van der Waals surface area contributed by atoms with E-state index >= 15 is 0 Å². The van der Waals surface area contributed by atoms with Crippen molar-refractivity contribution in [3.63, 3.8) is 0 Å². The quantitative estimate of drug-likeness (QED) is 0.189. The fourth-order valence-corrected chi connectivity index (χ4v) is 4.60. The molecule has 8 heteroatoms. The average Bonchev–Trinajstić information content (AvgIpc) is 3.47. The lowest BCUT2D eigenvalue weighted by Gasteiger charge is -2.19. The molecule has 0 saturated carbocycles. The van der Waals surface area contributed by atoms with Crippen molar-refractivity contribution in [3.05, 3.63) is 58.6 Å². The summed E-state index contributed by atoms with van der Waals surface area (Å²) in [7, 11) is 1.98. The van der Waals surface area contributed by atoms with Crippen LogP contribution in [0.15, 0.2) is 47.4 Å². The summed E-state index contributed by atoms with van der Waals surface area (Å²) in [5, 5.41) is 5.59. The number of fused-ring (bicyclic) bond motifs is 1. The highest BCUT2D eigenvalue weighted by Crippen LogP contribution is 2.39. The second-order valence-electron chi connectivity index (χ2n) is 10.2. The molecule has 0 radical (unpaired) electrons. The molecule has 2 heterocycles. The van der Waals surface area contributed by atoms with Gasteiger partial charge in [0.25, 0.3) is 5.91 Å². The number of aryl methyl sites for hydroxylation is 1. The highest BCUT2D eigenvalue weighted by molar-refractivity contribution is 5.83. The predicted molar refractivity (Wildman–Crippen MR) is 156 cm³/mol. The van der Waals surface area contributed by atoms with Gasteiger partial charge < -0.3 is 14.0 Å². The molecular formula is C31H40N4O4. The number of aromatic nitrogens is 4. The Morgan fingerprint density at radius 1 is 0.949 bits per heavy atom. The zero-order valence-electron chi connectivity index (χ0n) is 24.0. The second-order valence-corrected chi connectivity index (χ2v) is 10.2. The smallest absolute Gasteiger partial charge is 0.358 e. The molecule has 0 aliphatic heterocycles. The summed E-state index contributed by atoms with van der Waals surface area (Å²) in [5.74, 6) is 1.52. The van der Waals surface area contributed by atoms with Gasteiger partial charge in [0.15, 0.2) is 5.82 Å². The van der Waals surface area contributed by atoms with Crippen LogP contribution in [0.2, 0.25) is 0 Å². The van der Waals surface area contributed by atoms with Crippen LogP contribution in [0, 0.1) is 0 Å². The van der Waals surface area contributed by atoms with E-state index in [1.165, 1.54) is 4.57 Å². The van der Waals surface area contributed by atoms with Crippen LogP contribution in [0.25, 0.3) is 28.0 Å². The van der Waals surface area contributed by atoms with Crippen molar-refractivity contribution < 1.29 is 14.3 Å². The minimum Gasteiger partial charge on any atom is -0.493 e. The van der Waals surface area contributed by atoms with Gasteiger partial charge >= 0.3 is 5.69 Å². The molecule has 0 unspecified atom stereocenters. The molecule has 0 aliphatic carbocycles. The summed E-state index contributed by atoms with van der Waals surface area (Å²) in [6.45, 7) is 11.3. The van der Waals surface area contributed by atoms with Crippen LogP contribution >= 0.6 is 0 Å². The number of hydrogen-bond acceptors (Lipinski definition) is 5. The van der Waals surface area contributed by atoms with Gasteiger partial charge in [-0.05, 0) is 54.7 Å². The lowest BCUT2D eigenvalue weighted by Crippen LogP contribution is -2.28. The fourth-order valence-electron chi connectivity index (χ4n) is 4.60. The molecule has 0 fully saturated rings. The lowest BCUT2D eigenvalue weighted by molar-refractivity contribution is 0.0888. The Morgan fingerprint density at radius 3 is 2.28 bits per heavy atom. The minimum atomic E-state index is -0.499. The van der Waals surface area contributed by atoms with Crippen LogP contribution in [0.1, 0.15) is 83.0 Å². The summed E-state index contributed by atoms with van der Waals surface area (Å²) in [5.41, 5.74) is 2.84. The van der Waals surface area contributed by atoms with E-state index in [4.69, 9.17) is 9.47 Å². The van der Waals surface area contributed by atoms with Gasteiger partial charge in [-0.25, -0.2) is 9.36 Å². The van der Waals surface area contributed by atoms with E-state index < -0.39 is 5.69 Å². The molecule has 0 atom stereocenters. The van der Waals surface area contributed by atoms with Gasteiger partial charge in [0.2, 0.25) is 0 Å². The van der Waals surface area contributed by atoms with Crippen LogP contribution < -0.4 is 15.2 Å². The molecule has 4 aromatic rings. The third-order valence-corrected chi connectivity index (χ3v) is 6.93. The van der Waals surface area contributed by atoms with Crippen molar-refractivity contribution in [2.75, 3.05) is 13.2 Å². The zero-order chi connectivity index (χ0) is 28.1.